The van der Waals surface area contributed by atoms with Crippen LogP contribution in [0.1, 0.15) is 22.3 Å². The van der Waals surface area contributed by atoms with Crippen LogP contribution in [0, 0.1) is 6.92 Å². The van der Waals surface area contributed by atoms with Crippen molar-refractivity contribution >= 4 is 11.9 Å². The SMILES string of the molecule is Cc1ccc2c(c1)CC1(C2)C(=O)NC(=O)N1Cc1ccccc1. The molecule has 2 aliphatic rings. The first-order chi connectivity index (χ1) is 11.1. The highest BCUT2D eigenvalue weighted by atomic mass is 16.2. The van der Waals surface area contributed by atoms with Gasteiger partial charge in [0.25, 0.3) is 5.91 Å². The lowest BCUT2D eigenvalue weighted by molar-refractivity contribution is -0.126. The lowest BCUT2D eigenvalue weighted by Crippen LogP contribution is -2.50. The number of amides is 3. The van der Waals surface area contributed by atoms with Crippen LogP contribution in [0.5, 0.6) is 0 Å². The minimum Gasteiger partial charge on any atom is -0.305 e. The van der Waals surface area contributed by atoms with Crippen molar-refractivity contribution in [1.82, 2.24) is 10.2 Å². The standard InChI is InChI=1S/C19H18N2O2/c1-13-7-8-15-10-19(11-16(15)9-13)17(22)20-18(23)21(19)12-14-5-3-2-4-6-14/h2-9H,10-12H2,1H3,(H,20,22,23). The van der Waals surface area contributed by atoms with Crippen LogP contribution in [0.25, 0.3) is 0 Å². The minimum absolute atomic E-state index is 0.174. The fraction of sp³-hybridized carbons (Fsp3) is 0.263. The molecule has 1 unspecified atom stereocenters. The van der Waals surface area contributed by atoms with E-state index < -0.39 is 5.54 Å². The Balaban J connectivity index is 1.71. The molecular formula is C19H18N2O2. The van der Waals surface area contributed by atoms with Crippen molar-refractivity contribution in [3.63, 3.8) is 0 Å². The maximum absolute atomic E-state index is 12.6. The summed E-state index contributed by atoms with van der Waals surface area (Å²) in [5, 5.41) is 2.52. The molecule has 23 heavy (non-hydrogen) atoms. The lowest BCUT2D eigenvalue weighted by atomic mass is 9.93. The first-order valence-corrected chi connectivity index (χ1v) is 7.84. The summed E-state index contributed by atoms with van der Waals surface area (Å²) in [5.41, 5.74) is 3.78. The molecule has 1 heterocycles. The van der Waals surface area contributed by atoms with Gasteiger partial charge < -0.3 is 4.90 Å². The molecule has 2 aromatic rings. The molecular weight excluding hydrogens is 288 g/mol. The number of fused-ring (bicyclic) bond motifs is 1. The third kappa shape index (κ3) is 2.13. The van der Waals surface area contributed by atoms with Crippen LogP contribution in [0.2, 0.25) is 0 Å². The van der Waals surface area contributed by atoms with Gasteiger partial charge in [0.2, 0.25) is 0 Å². The third-order valence-corrected chi connectivity index (χ3v) is 4.92. The van der Waals surface area contributed by atoms with Gasteiger partial charge in [0.05, 0.1) is 0 Å². The van der Waals surface area contributed by atoms with Gasteiger partial charge in [0.1, 0.15) is 5.54 Å². The molecule has 0 radical (unpaired) electrons. The molecule has 1 spiro atoms. The van der Waals surface area contributed by atoms with E-state index in [4.69, 9.17) is 0 Å². The molecule has 1 N–H and O–H groups in total. The summed E-state index contributed by atoms with van der Waals surface area (Å²) in [4.78, 5) is 26.7. The highest BCUT2D eigenvalue weighted by molar-refractivity contribution is 6.07. The van der Waals surface area contributed by atoms with E-state index in [-0.39, 0.29) is 11.9 Å². The van der Waals surface area contributed by atoms with Crippen LogP contribution in [-0.2, 0) is 24.2 Å². The first-order valence-electron chi connectivity index (χ1n) is 7.84. The predicted octanol–water partition coefficient (Wildman–Crippen LogP) is 2.58. The molecule has 1 aliphatic heterocycles. The molecule has 0 bridgehead atoms. The van der Waals surface area contributed by atoms with Gasteiger partial charge in [-0.05, 0) is 23.6 Å². The van der Waals surface area contributed by atoms with Crippen molar-refractivity contribution in [2.75, 3.05) is 0 Å². The zero-order valence-corrected chi connectivity index (χ0v) is 13.0. The van der Waals surface area contributed by atoms with Crippen LogP contribution in [-0.4, -0.2) is 22.4 Å². The number of nitrogens with zero attached hydrogens (tertiary/aromatic N) is 1. The van der Waals surface area contributed by atoms with E-state index in [1.165, 1.54) is 16.7 Å². The predicted molar refractivity (Wildman–Crippen MR) is 86.8 cm³/mol. The maximum Gasteiger partial charge on any atom is 0.325 e. The second-order valence-electron chi connectivity index (χ2n) is 6.49. The van der Waals surface area contributed by atoms with E-state index in [0.717, 1.165) is 5.56 Å². The summed E-state index contributed by atoms with van der Waals surface area (Å²) in [6, 6.07) is 15.8. The average Bonchev–Trinajstić information content (AvgIpc) is 3.01. The highest BCUT2D eigenvalue weighted by Crippen LogP contribution is 2.39. The van der Waals surface area contributed by atoms with E-state index in [0.29, 0.717) is 19.4 Å². The minimum atomic E-state index is -0.775. The summed E-state index contributed by atoms with van der Waals surface area (Å²) in [5.74, 6) is -0.174. The van der Waals surface area contributed by atoms with Crippen molar-refractivity contribution in [3.8, 4) is 0 Å². The Kier molecular flexibility index (Phi) is 3.01. The number of urea groups is 1. The normalized spacial score (nSPS) is 22.6. The number of hydrogen-bond donors (Lipinski definition) is 1. The second kappa shape index (κ2) is 4.95. The first kappa shape index (κ1) is 14.0. The quantitative estimate of drug-likeness (QED) is 0.867. The molecule has 0 saturated carbocycles. The number of benzene rings is 2. The van der Waals surface area contributed by atoms with Crippen LogP contribution >= 0.6 is 0 Å². The summed E-state index contributed by atoms with van der Waals surface area (Å²) in [7, 11) is 0. The molecule has 1 aliphatic carbocycles. The average molecular weight is 306 g/mol. The van der Waals surface area contributed by atoms with Crippen LogP contribution in [0.4, 0.5) is 4.79 Å². The molecule has 2 aromatic carbocycles. The van der Waals surface area contributed by atoms with Gasteiger partial charge in [-0.15, -0.1) is 0 Å². The number of hydrogen-bond acceptors (Lipinski definition) is 2. The van der Waals surface area contributed by atoms with E-state index >= 15 is 0 Å². The number of rotatable bonds is 2. The van der Waals surface area contributed by atoms with E-state index in [2.05, 4.69) is 23.5 Å². The largest absolute Gasteiger partial charge is 0.325 e. The van der Waals surface area contributed by atoms with Crippen molar-refractivity contribution in [3.05, 3.63) is 70.8 Å². The van der Waals surface area contributed by atoms with Gasteiger partial charge in [0, 0.05) is 19.4 Å². The fourth-order valence-electron chi connectivity index (χ4n) is 3.72. The highest BCUT2D eigenvalue weighted by Gasteiger charge is 2.55. The van der Waals surface area contributed by atoms with Crippen molar-refractivity contribution in [2.45, 2.75) is 31.8 Å². The van der Waals surface area contributed by atoms with Gasteiger partial charge in [0.15, 0.2) is 0 Å². The molecule has 1 fully saturated rings. The van der Waals surface area contributed by atoms with Gasteiger partial charge in [-0.3, -0.25) is 10.1 Å². The second-order valence-corrected chi connectivity index (χ2v) is 6.49. The van der Waals surface area contributed by atoms with Crippen molar-refractivity contribution in [1.29, 1.82) is 0 Å². The number of carbonyl (C=O) groups excluding carboxylic acids is 2. The van der Waals surface area contributed by atoms with Crippen molar-refractivity contribution < 1.29 is 9.59 Å². The van der Waals surface area contributed by atoms with E-state index in [9.17, 15) is 9.59 Å². The molecule has 4 heteroatoms. The third-order valence-electron chi connectivity index (χ3n) is 4.92. The van der Waals surface area contributed by atoms with E-state index in [1.54, 1.807) is 4.90 Å². The maximum atomic E-state index is 12.6. The summed E-state index contributed by atoms with van der Waals surface area (Å²) >= 11 is 0. The Hall–Kier alpha value is -2.62. The van der Waals surface area contributed by atoms with Gasteiger partial charge in [-0.2, -0.15) is 0 Å². The topological polar surface area (TPSA) is 49.4 Å². The Bertz CT molecular complexity index is 800. The zero-order chi connectivity index (χ0) is 16.0. The summed E-state index contributed by atoms with van der Waals surface area (Å²) < 4.78 is 0. The summed E-state index contributed by atoms with van der Waals surface area (Å²) in [6.07, 6.45) is 1.18. The molecule has 4 rings (SSSR count). The van der Waals surface area contributed by atoms with Gasteiger partial charge >= 0.3 is 6.03 Å². The molecule has 116 valence electrons. The smallest absolute Gasteiger partial charge is 0.305 e. The van der Waals surface area contributed by atoms with Crippen LogP contribution in [0.3, 0.4) is 0 Å². The molecule has 1 saturated heterocycles. The molecule has 0 aromatic heterocycles. The van der Waals surface area contributed by atoms with Gasteiger partial charge in [-0.1, -0.05) is 54.1 Å². The number of aryl methyl sites for hydroxylation is 1. The molecule has 3 amide bonds. The monoisotopic (exact) mass is 306 g/mol. The Morgan fingerprint density at radius 3 is 2.57 bits per heavy atom. The number of carbonyl (C=O) groups is 2. The summed E-state index contributed by atoms with van der Waals surface area (Å²) in [6.45, 7) is 2.50. The lowest BCUT2D eigenvalue weighted by Gasteiger charge is -2.31. The Morgan fingerprint density at radius 2 is 1.78 bits per heavy atom. The fourth-order valence-corrected chi connectivity index (χ4v) is 3.72. The Labute approximate surface area is 135 Å². The van der Waals surface area contributed by atoms with Crippen LogP contribution in [0.15, 0.2) is 48.5 Å². The van der Waals surface area contributed by atoms with Crippen LogP contribution < -0.4 is 5.32 Å². The number of imide groups is 1. The number of nitrogens with one attached hydrogen (secondary N) is 1. The molecule has 4 nitrogen and oxygen atoms in total. The Morgan fingerprint density at radius 1 is 1.04 bits per heavy atom. The van der Waals surface area contributed by atoms with E-state index in [1.807, 2.05) is 37.3 Å². The van der Waals surface area contributed by atoms with Gasteiger partial charge in [-0.25, -0.2) is 4.79 Å². The zero-order valence-electron chi connectivity index (χ0n) is 13.0. The van der Waals surface area contributed by atoms with Crippen molar-refractivity contribution in [2.24, 2.45) is 0 Å². The molecule has 1 atom stereocenters.